The van der Waals surface area contributed by atoms with E-state index in [4.69, 9.17) is 0 Å². The SMILES string of the molecule is CC1CCCC(C)N(C(=O)CC2CC3CCC2C3)C1. The van der Waals surface area contributed by atoms with Gasteiger partial charge in [-0.05, 0) is 62.7 Å². The quantitative estimate of drug-likeness (QED) is 0.741. The Morgan fingerprint density at radius 1 is 1.11 bits per heavy atom. The number of amides is 1. The number of likely N-dealkylation sites (tertiary alicyclic amines) is 1. The third-order valence-corrected chi connectivity index (χ3v) is 6.00. The van der Waals surface area contributed by atoms with E-state index in [2.05, 4.69) is 18.7 Å². The van der Waals surface area contributed by atoms with E-state index in [1.165, 1.54) is 44.9 Å². The van der Waals surface area contributed by atoms with E-state index in [-0.39, 0.29) is 0 Å². The molecule has 5 unspecified atom stereocenters. The highest BCUT2D eigenvalue weighted by atomic mass is 16.2. The normalized spacial score (nSPS) is 42.4. The Morgan fingerprint density at radius 3 is 2.63 bits per heavy atom. The standard InChI is InChI=1S/C17H29NO/c1-12-4-3-5-13(2)18(11-12)17(19)10-16-9-14-6-7-15(16)8-14/h12-16H,3-11H2,1-2H3. The first kappa shape index (κ1) is 13.5. The van der Waals surface area contributed by atoms with Gasteiger partial charge in [-0.15, -0.1) is 0 Å². The lowest BCUT2D eigenvalue weighted by Crippen LogP contribution is -2.41. The third kappa shape index (κ3) is 2.83. The smallest absolute Gasteiger partial charge is 0.223 e. The first-order valence-corrected chi connectivity index (χ1v) is 8.43. The molecule has 2 nitrogen and oxygen atoms in total. The van der Waals surface area contributed by atoms with Gasteiger partial charge in [-0.2, -0.15) is 0 Å². The van der Waals surface area contributed by atoms with E-state index in [1.54, 1.807) is 0 Å². The first-order valence-electron chi connectivity index (χ1n) is 8.43. The average Bonchev–Trinajstić information content (AvgIpc) is 2.93. The van der Waals surface area contributed by atoms with Crippen LogP contribution < -0.4 is 0 Å². The predicted molar refractivity (Wildman–Crippen MR) is 77.7 cm³/mol. The molecule has 1 saturated heterocycles. The van der Waals surface area contributed by atoms with Crippen molar-refractivity contribution in [3.63, 3.8) is 0 Å². The van der Waals surface area contributed by atoms with Crippen LogP contribution in [0.4, 0.5) is 0 Å². The Bertz CT molecular complexity index is 340. The Kier molecular flexibility index (Phi) is 3.86. The molecule has 1 aliphatic heterocycles. The van der Waals surface area contributed by atoms with Crippen molar-refractivity contribution in [1.29, 1.82) is 0 Å². The summed E-state index contributed by atoms with van der Waals surface area (Å²) in [5.41, 5.74) is 0. The molecule has 0 radical (unpaired) electrons. The number of rotatable bonds is 2. The van der Waals surface area contributed by atoms with Crippen molar-refractivity contribution in [3.05, 3.63) is 0 Å². The van der Waals surface area contributed by atoms with Gasteiger partial charge in [0.05, 0.1) is 0 Å². The van der Waals surface area contributed by atoms with Crippen LogP contribution in [0.15, 0.2) is 0 Å². The second-order valence-electron chi connectivity index (χ2n) is 7.57. The van der Waals surface area contributed by atoms with E-state index in [0.29, 0.717) is 17.9 Å². The van der Waals surface area contributed by atoms with Gasteiger partial charge in [-0.25, -0.2) is 0 Å². The van der Waals surface area contributed by atoms with Gasteiger partial charge in [-0.3, -0.25) is 4.79 Å². The number of carbonyl (C=O) groups excluding carboxylic acids is 1. The van der Waals surface area contributed by atoms with E-state index in [1.807, 2.05) is 0 Å². The van der Waals surface area contributed by atoms with Crippen molar-refractivity contribution in [3.8, 4) is 0 Å². The van der Waals surface area contributed by atoms with Crippen molar-refractivity contribution in [2.75, 3.05) is 6.54 Å². The van der Waals surface area contributed by atoms with Crippen molar-refractivity contribution >= 4 is 5.91 Å². The molecule has 0 aromatic heterocycles. The molecule has 0 N–H and O–H groups in total. The lowest BCUT2D eigenvalue weighted by atomic mass is 9.86. The summed E-state index contributed by atoms with van der Waals surface area (Å²) in [5.74, 6) is 3.71. The van der Waals surface area contributed by atoms with Gasteiger partial charge in [-0.1, -0.05) is 19.8 Å². The topological polar surface area (TPSA) is 20.3 Å². The zero-order chi connectivity index (χ0) is 13.4. The summed E-state index contributed by atoms with van der Waals surface area (Å²) in [6.45, 7) is 5.55. The highest BCUT2D eigenvalue weighted by Gasteiger charge is 2.41. The van der Waals surface area contributed by atoms with Crippen LogP contribution in [0.5, 0.6) is 0 Å². The first-order chi connectivity index (χ1) is 9.13. The molecule has 2 saturated carbocycles. The largest absolute Gasteiger partial charge is 0.340 e. The van der Waals surface area contributed by atoms with Gasteiger partial charge < -0.3 is 4.90 Å². The molecule has 1 heterocycles. The molecule has 2 bridgehead atoms. The molecule has 2 heteroatoms. The maximum absolute atomic E-state index is 12.7. The Balaban J connectivity index is 1.59. The highest BCUT2D eigenvalue weighted by Crippen LogP contribution is 2.49. The minimum atomic E-state index is 0.457. The molecule has 3 rings (SSSR count). The van der Waals surface area contributed by atoms with E-state index >= 15 is 0 Å². The fraction of sp³-hybridized carbons (Fsp3) is 0.941. The summed E-state index contributed by atoms with van der Waals surface area (Å²) in [6.07, 6.45) is 10.2. The molecule has 5 atom stereocenters. The van der Waals surface area contributed by atoms with Crippen LogP contribution in [0.25, 0.3) is 0 Å². The predicted octanol–water partition coefficient (Wildman–Crippen LogP) is 3.85. The van der Waals surface area contributed by atoms with Gasteiger partial charge in [0.25, 0.3) is 0 Å². The summed E-state index contributed by atoms with van der Waals surface area (Å²) in [5, 5.41) is 0. The summed E-state index contributed by atoms with van der Waals surface area (Å²) in [4.78, 5) is 14.9. The highest BCUT2D eigenvalue weighted by molar-refractivity contribution is 5.77. The number of hydrogen-bond donors (Lipinski definition) is 0. The lowest BCUT2D eigenvalue weighted by Gasteiger charge is -2.31. The van der Waals surface area contributed by atoms with Crippen LogP contribution >= 0.6 is 0 Å². The van der Waals surface area contributed by atoms with Gasteiger partial charge in [0.1, 0.15) is 0 Å². The molecule has 3 aliphatic rings. The van der Waals surface area contributed by atoms with Crippen LogP contribution in [0.3, 0.4) is 0 Å². The van der Waals surface area contributed by atoms with E-state index in [0.717, 1.165) is 30.7 Å². The third-order valence-electron chi connectivity index (χ3n) is 6.00. The molecule has 0 aromatic rings. The molecule has 1 amide bonds. The average molecular weight is 263 g/mol. The molecule has 2 aliphatic carbocycles. The fourth-order valence-electron chi connectivity index (χ4n) is 4.84. The van der Waals surface area contributed by atoms with Crippen LogP contribution in [0.1, 0.15) is 65.2 Å². The Labute approximate surface area is 117 Å². The van der Waals surface area contributed by atoms with Gasteiger partial charge >= 0.3 is 0 Å². The molecular formula is C17H29NO. The van der Waals surface area contributed by atoms with Crippen LogP contribution in [-0.4, -0.2) is 23.4 Å². The maximum atomic E-state index is 12.7. The lowest BCUT2D eigenvalue weighted by molar-refractivity contribution is -0.135. The second kappa shape index (κ2) is 5.46. The monoisotopic (exact) mass is 263 g/mol. The van der Waals surface area contributed by atoms with E-state index < -0.39 is 0 Å². The van der Waals surface area contributed by atoms with Gasteiger partial charge in [0.15, 0.2) is 0 Å². The fourth-order valence-corrected chi connectivity index (χ4v) is 4.84. The summed E-state index contributed by atoms with van der Waals surface area (Å²) in [7, 11) is 0. The van der Waals surface area contributed by atoms with E-state index in [9.17, 15) is 4.79 Å². The molecule has 3 fully saturated rings. The van der Waals surface area contributed by atoms with Crippen LogP contribution in [0.2, 0.25) is 0 Å². The Morgan fingerprint density at radius 2 is 1.95 bits per heavy atom. The summed E-state index contributed by atoms with van der Waals surface area (Å²) < 4.78 is 0. The van der Waals surface area contributed by atoms with Crippen LogP contribution in [0, 0.1) is 23.7 Å². The molecule has 0 aromatic carbocycles. The van der Waals surface area contributed by atoms with Gasteiger partial charge in [0, 0.05) is 19.0 Å². The number of nitrogens with zero attached hydrogens (tertiary/aromatic N) is 1. The van der Waals surface area contributed by atoms with Crippen LogP contribution in [-0.2, 0) is 4.79 Å². The number of hydrogen-bond acceptors (Lipinski definition) is 1. The number of fused-ring (bicyclic) bond motifs is 2. The molecule has 108 valence electrons. The minimum absolute atomic E-state index is 0.457. The minimum Gasteiger partial charge on any atom is -0.340 e. The molecule has 19 heavy (non-hydrogen) atoms. The summed E-state index contributed by atoms with van der Waals surface area (Å²) in [6, 6.07) is 0.469. The van der Waals surface area contributed by atoms with Crippen molar-refractivity contribution in [1.82, 2.24) is 4.90 Å². The van der Waals surface area contributed by atoms with Crippen molar-refractivity contribution in [2.24, 2.45) is 23.7 Å². The summed E-state index contributed by atoms with van der Waals surface area (Å²) >= 11 is 0. The van der Waals surface area contributed by atoms with Crippen molar-refractivity contribution in [2.45, 2.75) is 71.3 Å². The van der Waals surface area contributed by atoms with Gasteiger partial charge in [0.2, 0.25) is 5.91 Å². The maximum Gasteiger partial charge on any atom is 0.223 e. The van der Waals surface area contributed by atoms with Crippen molar-refractivity contribution < 1.29 is 4.79 Å². The molecular weight excluding hydrogens is 234 g/mol. The number of carbonyl (C=O) groups is 1. The Hall–Kier alpha value is -0.530. The zero-order valence-electron chi connectivity index (χ0n) is 12.6. The molecule has 0 spiro atoms. The zero-order valence-corrected chi connectivity index (χ0v) is 12.6. The second-order valence-corrected chi connectivity index (χ2v) is 7.57.